The number of nitrogens with zero attached hydrogens (tertiary/aromatic N) is 6. The topological polar surface area (TPSA) is 181 Å². The normalized spacial score (nSPS) is 21.0. The average Bonchev–Trinajstić information content (AvgIpc) is 4.32. The van der Waals surface area contributed by atoms with E-state index in [1.54, 1.807) is 26.8 Å². The number of methoxy groups -OCH3 is 2. The molecule has 6 aromatic rings. The highest BCUT2D eigenvalue weighted by atomic mass is 19.1. The smallest absolute Gasteiger partial charge is 0.407 e. The fraction of sp³-hybridized carbons (Fsp3) is 0.474. The van der Waals surface area contributed by atoms with Gasteiger partial charge in [-0.05, 0) is 134 Å². The molecular weight excluding hydrogens is 978 g/mol. The quantitative estimate of drug-likeness (QED) is 0.0869. The maximum absolute atomic E-state index is 16.8. The molecular formula is C57H67F3N10O6. The highest BCUT2D eigenvalue weighted by Gasteiger charge is 2.41. The number of rotatable bonds is 13. The third-order valence-electron chi connectivity index (χ3n) is 16.1. The summed E-state index contributed by atoms with van der Waals surface area (Å²) in [5.41, 5.74) is 6.10. The molecule has 0 spiro atoms. The number of fused-ring (bicyclic) bond motifs is 2. The number of nitrogens with one attached hydrogen (secondary N) is 4. The minimum Gasteiger partial charge on any atom is -0.453 e. The van der Waals surface area contributed by atoms with Gasteiger partial charge in [0, 0.05) is 31.9 Å². The summed E-state index contributed by atoms with van der Waals surface area (Å²) in [5, 5.41) is 5.42. The average molecular weight is 1050 g/mol. The fourth-order valence-corrected chi connectivity index (χ4v) is 12.2. The van der Waals surface area contributed by atoms with Crippen LogP contribution in [-0.2, 0) is 19.1 Å². The molecule has 10 rings (SSSR count). The second-order valence-corrected chi connectivity index (χ2v) is 21.5. The van der Waals surface area contributed by atoms with Gasteiger partial charge in [0.05, 0.1) is 60.5 Å². The van der Waals surface area contributed by atoms with E-state index in [4.69, 9.17) is 19.4 Å². The molecule has 0 bridgehead atoms. The lowest BCUT2D eigenvalue weighted by atomic mass is 9.89. The Hall–Kier alpha value is -7.31. The molecule has 0 saturated carbocycles. The Kier molecular flexibility index (Phi) is 14.9. The van der Waals surface area contributed by atoms with E-state index in [0.717, 1.165) is 40.6 Å². The number of hydrogen-bond donors (Lipinski definition) is 4. The summed E-state index contributed by atoms with van der Waals surface area (Å²) in [6.07, 6.45) is 4.18. The number of anilines is 2. The summed E-state index contributed by atoms with van der Waals surface area (Å²) >= 11 is 0. The number of ether oxygens (including phenoxy) is 2. The molecule has 2 aromatic heterocycles. The molecule has 0 aliphatic carbocycles. The largest absolute Gasteiger partial charge is 0.453 e. The van der Waals surface area contributed by atoms with Gasteiger partial charge in [0.2, 0.25) is 11.8 Å². The zero-order valence-electron chi connectivity index (χ0n) is 43.9. The molecule has 4 aliphatic heterocycles. The van der Waals surface area contributed by atoms with E-state index in [1.807, 2.05) is 64.1 Å². The number of carbonyl (C=O) groups is 4. The van der Waals surface area contributed by atoms with Crippen molar-refractivity contribution in [2.75, 3.05) is 50.2 Å². The number of H-pyrrole nitrogens is 2. The predicted octanol–water partition coefficient (Wildman–Crippen LogP) is 10.4. The maximum Gasteiger partial charge on any atom is 0.407 e. The monoisotopic (exact) mass is 1040 g/mol. The van der Waals surface area contributed by atoms with Crippen molar-refractivity contribution in [2.45, 2.75) is 121 Å². The van der Waals surface area contributed by atoms with Crippen molar-refractivity contribution in [3.63, 3.8) is 0 Å². The van der Waals surface area contributed by atoms with Gasteiger partial charge in [0.1, 0.15) is 35.2 Å². The van der Waals surface area contributed by atoms with Crippen LogP contribution in [0.3, 0.4) is 0 Å². The number of likely N-dealkylation sites (tertiary alicyclic amines) is 2. The van der Waals surface area contributed by atoms with Crippen molar-refractivity contribution in [2.24, 2.45) is 11.8 Å². The summed E-state index contributed by atoms with van der Waals surface area (Å²) in [6.45, 7) is 9.40. The number of aromatic amines is 2. The van der Waals surface area contributed by atoms with Crippen LogP contribution in [0.2, 0.25) is 0 Å². The molecule has 4 amide bonds. The molecule has 4 N–H and O–H groups in total. The Labute approximate surface area is 440 Å². The second-order valence-electron chi connectivity index (χ2n) is 21.5. The van der Waals surface area contributed by atoms with Gasteiger partial charge in [-0.25, -0.2) is 32.7 Å². The SMILES string of the molecule is COC(=O)N[C@H](C(=O)N1CCCC1c1nc2ccc([C@H]3CC[C@H](c4ccc5nc([C@@H]6CCCN6C(=O)[C@@H](NC(=O)OC)C(C)C)[nH]c5c4)N3c3cc(F)c(N4CCC(c5ccc(F)cc5)CC4)c(F)c3)cc2[nH]1)C(C)C. The first kappa shape index (κ1) is 52.1. The lowest BCUT2D eigenvalue weighted by molar-refractivity contribution is -0.136. The van der Waals surface area contributed by atoms with E-state index < -0.39 is 35.9 Å². The van der Waals surface area contributed by atoms with Gasteiger partial charge in [-0.15, -0.1) is 0 Å². The molecule has 4 fully saturated rings. The first-order chi connectivity index (χ1) is 36.6. The summed E-state index contributed by atoms with van der Waals surface area (Å²) < 4.78 is 57.0. The predicted molar refractivity (Wildman–Crippen MR) is 282 cm³/mol. The Morgan fingerprint density at radius 2 is 1.03 bits per heavy atom. The highest BCUT2D eigenvalue weighted by molar-refractivity contribution is 5.88. The van der Waals surface area contributed by atoms with Crippen molar-refractivity contribution < 1.29 is 41.8 Å². The number of alkyl carbamates (subject to hydrolysis) is 2. The standard InChI is InChI=1S/C57H67F3N10O6/c1-31(2)49(65-56(73)75-5)54(71)68-23-7-9-47(68)52-61-41-17-13-35(27-43(41)63-52)45-19-20-46(70(45)38-29-39(59)51(40(60)30-38)67-25-21-34(22-26-67)33-11-15-37(58)16-12-33)36-14-18-42-44(28-36)64-53(62-42)48-10-8-24-69(48)55(72)50(32(3)4)66-57(74)76-6/h11-18,27-32,34,45-50H,7-10,19-26H2,1-6H3,(H,61,63)(H,62,64)(H,65,73)(H,66,74)/t45-,46-,47+,48?,49+,50+/m1/s1. The van der Waals surface area contributed by atoms with E-state index in [9.17, 15) is 23.6 Å². The number of imidazole rings is 2. The maximum atomic E-state index is 16.8. The third kappa shape index (κ3) is 10.2. The molecule has 16 nitrogen and oxygen atoms in total. The van der Waals surface area contributed by atoms with Crippen LogP contribution in [0.25, 0.3) is 22.1 Å². The summed E-state index contributed by atoms with van der Waals surface area (Å²) in [5.74, 6) is -0.977. The van der Waals surface area contributed by atoms with E-state index >= 15 is 8.78 Å². The minimum atomic E-state index is -0.778. The van der Waals surface area contributed by atoms with Gasteiger partial charge in [0.25, 0.3) is 0 Å². The van der Waals surface area contributed by atoms with Crippen molar-refractivity contribution >= 4 is 57.4 Å². The first-order valence-corrected chi connectivity index (χ1v) is 26.7. The molecule has 4 saturated heterocycles. The second kappa shape index (κ2) is 21.7. The zero-order chi connectivity index (χ0) is 53.5. The lowest BCUT2D eigenvalue weighted by Gasteiger charge is -2.36. The van der Waals surface area contributed by atoms with Crippen LogP contribution in [-0.4, -0.2) is 106 Å². The van der Waals surface area contributed by atoms with Gasteiger partial charge >= 0.3 is 12.2 Å². The minimum absolute atomic E-state index is 0.0631. The van der Waals surface area contributed by atoms with Crippen LogP contribution in [0.4, 0.5) is 34.1 Å². The van der Waals surface area contributed by atoms with Crippen molar-refractivity contribution in [1.29, 1.82) is 0 Å². The number of hydrogen-bond acceptors (Lipinski definition) is 10. The fourth-order valence-electron chi connectivity index (χ4n) is 12.2. The highest BCUT2D eigenvalue weighted by Crippen LogP contribution is 2.49. The summed E-state index contributed by atoms with van der Waals surface area (Å²) in [7, 11) is 2.54. The van der Waals surface area contributed by atoms with E-state index in [0.29, 0.717) is 93.1 Å². The van der Waals surface area contributed by atoms with Crippen molar-refractivity contribution in [3.05, 3.63) is 119 Å². The van der Waals surface area contributed by atoms with Crippen LogP contribution < -0.4 is 20.4 Å². The van der Waals surface area contributed by atoms with Crippen LogP contribution in [0, 0.1) is 29.3 Å². The Morgan fingerprint density at radius 3 is 1.46 bits per heavy atom. The van der Waals surface area contributed by atoms with Gasteiger partial charge in [-0.1, -0.05) is 52.0 Å². The molecule has 6 heterocycles. The Morgan fingerprint density at radius 1 is 0.579 bits per heavy atom. The molecule has 6 atom stereocenters. The molecule has 76 heavy (non-hydrogen) atoms. The number of halogens is 3. The van der Waals surface area contributed by atoms with Crippen LogP contribution in [0.5, 0.6) is 0 Å². The Bertz CT molecular complexity index is 2950. The molecule has 4 aliphatic rings. The van der Waals surface area contributed by atoms with Crippen LogP contribution in [0.1, 0.15) is 137 Å². The van der Waals surface area contributed by atoms with E-state index in [2.05, 4.69) is 25.5 Å². The number of aromatic nitrogens is 4. The zero-order valence-corrected chi connectivity index (χ0v) is 43.9. The first-order valence-electron chi connectivity index (χ1n) is 26.7. The van der Waals surface area contributed by atoms with Crippen molar-refractivity contribution in [3.8, 4) is 0 Å². The van der Waals surface area contributed by atoms with Gasteiger partial charge in [0.15, 0.2) is 11.6 Å². The molecule has 1 unspecified atom stereocenters. The lowest BCUT2D eigenvalue weighted by Crippen LogP contribution is -2.51. The molecule has 4 aromatic carbocycles. The van der Waals surface area contributed by atoms with Crippen LogP contribution >= 0.6 is 0 Å². The Balaban J connectivity index is 0.964. The molecule has 0 radical (unpaired) electrons. The van der Waals surface area contributed by atoms with Gasteiger partial charge < -0.3 is 49.7 Å². The number of carbonyl (C=O) groups excluding carboxylic acids is 4. The molecule has 19 heteroatoms. The van der Waals surface area contributed by atoms with E-state index in [-0.39, 0.29) is 65.2 Å². The number of benzene rings is 4. The summed E-state index contributed by atoms with van der Waals surface area (Å²) in [6, 6.07) is 18.5. The van der Waals surface area contributed by atoms with Crippen LogP contribution in [0.15, 0.2) is 72.8 Å². The number of amides is 4. The van der Waals surface area contributed by atoms with Crippen molar-refractivity contribution in [1.82, 2.24) is 40.4 Å². The number of piperidine rings is 1. The van der Waals surface area contributed by atoms with E-state index in [1.165, 1.54) is 38.5 Å². The van der Waals surface area contributed by atoms with Gasteiger partial charge in [-0.2, -0.15) is 0 Å². The molecule has 402 valence electrons. The summed E-state index contributed by atoms with van der Waals surface area (Å²) in [4.78, 5) is 76.9. The van der Waals surface area contributed by atoms with Gasteiger partial charge in [-0.3, -0.25) is 9.59 Å². The third-order valence-corrected chi connectivity index (χ3v) is 16.1.